The quantitative estimate of drug-likeness (QED) is 0.806. The fourth-order valence-electron chi connectivity index (χ4n) is 2.33. The number of nitrogens with zero attached hydrogens (tertiary/aromatic N) is 2. The summed E-state index contributed by atoms with van der Waals surface area (Å²) in [5.74, 6) is 6.43. The lowest BCUT2D eigenvalue weighted by atomic mass is 9.86. The van der Waals surface area contributed by atoms with Crippen molar-refractivity contribution in [2.75, 3.05) is 0 Å². The summed E-state index contributed by atoms with van der Waals surface area (Å²) in [5, 5.41) is 3.01. The molecule has 0 bridgehead atoms. The normalized spacial score (nSPS) is 22.7. The van der Waals surface area contributed by atoms with Crippen molar-refractivity contribution >= 4 is 5.91 Å². The molecule has 1 N–H and O–H groups in total. The first-order chi connectivity index (χ1) is 8.79. The number of amides is 1. The highest BCUT2D eigenvalue weighted by molar-refractivity contribution is 5.92. The van der Waals surface area contributed by atoms with Crippen LogP contribution in [0.4, 0.5) is 0 Å². The first-order valence-electron chi connectivity index (χ1n) is 6.28. The van der Waals surface area contributed by atoms with Crippen LogP contribution in [0, 0.1) is 17.8 Å². The fourth-order valence-corrected chi connectivity index (χ4v) is 2.33. The molecule has 2 atom stereocenters. The van der Waals surface area contributed by atoms with Crippen LogP contribution in [-0.2, 0) is 0 Å². The summed E-state index contributed by atoms with van der Waals surface area (Å²) in [7, 11) is 0. The van der Waals surface area contributed by atoms with Crippen LogP contribution in [0.5, 0.6) is 0 Å². The molecule has 1 aliphatic carbocycles. The van der Waals surface area contributed by atoms with Crippen LogP contribution >= 0.6 is 0 Å². The van der Waals surface area contributed by atoms with E-state index in [9.17, 15) is 4.79 Å². The molecule has 0 saturated heterocycles. The van der Waals surface area contributed by atoms with Crippen LogP contribution in [-0.4, -0.2) is 21.9 Å². The van der Waals surface area contributed by atoms with Crippen molar-refractivity contribution < 1.29 is 4.79 Å². The number of hydrogen-bond acceptors (Lipinski definition) is 3. The van der Waals surface area contributed by atoms with Gasteiger partial charge in [0.25, 0.3) is 5.91 Å². The smallest absolute Gasteiger partial charge is 0.271 e. The lowest BCUT2D eigenvalue weighted by Crippen LogP contribution is -2.38. The van der Waals surface area contributed by atoms with E-state index in [2.05, 4.69) is 27.1 Å². The van der Waals surface area contributed by atoms with Crippen molar-refractivity contribution in [2.45, 2.75) is 38.6 Å². The monoisotopic (exact) mass is 243 g/mol. The predicted octanol–water partition coefficient (Wildman–Crippen LogP) is 1.79. The molecule has 4 heteroatoms. The molecular formula is C14H17N3O. The van der Waals surface area contributed by atoms with Gasteiger partial charge in [0, 0.05) is 24.4 Å². The van der Waals surface area contributed by atoms with Gasteiger partial charge in [-0.05, 0) is 26.2 Å². The number of nitrogens with one attached hydrogen (secondary N) is 1. The number of hydrogen-bond donors (Lipinski definition) is 1. The summed E-state index contributed by atoms with van der Waals surface area (Å²) in [4.78, 5) is 19.8. The van der Waals surface area contributed by atoms with E-state index in [4.69, 9.17) is 0 Å². The van der Waals surface area contributed by atoms with Gasteiger partial charge in [0.15, 0.2) is 0 Å². The average Bonchev–Trinajstić information content (AvgIpc) is 2.40. The molecule has 0 spiro atoms. The second kappa shape index (κ2) is 6.15. The van der Waals surface area contributed by atoms with Gasteiger partial charge in [0.05, 0.1) is 6.20 Å². The van der Waals surface area contributed by atoms with Gasteiger partial charge in [-0.25, -0.2) is 4.98 Å². The van der Waals surface area contributed by atoms with Gasteiger partial charge in [0.2, 0.25) is 0 Å². The van der Waals surface area contributed by atoms with Gasteiger partial charge in [0.1, 0.15) is 5.69 Å². The molecule has 0 aliphatic heterocycles. The van der Waals surface area contributed by atoms with E-state index in [0.29, 0.717) is 11.6 Å². The van der Waals surface area contributed by atoms with E-state index in [1.807, 2.05) is 6.92 Å². The largest absolute Gasteiger partial charge is 0.348 e. The van der Waals surface area contributed by atoms with E-state index in [0.717, 1.165) is 25.7 Å². The molecule has 1 saturated carbocycles. The highest BCUT2D eigenvalue weighted by atomic mass is 16.1. The molecule has 1 aromatic heterocycles. The van der Waals surface area contributed by atoms with Crippen molar-refractivity contribution in [1.82, 2.24) is 15.3 Å². The molecule has 4 nitrogen and oxygen atoms in total. The van der Waals surface area contributed by atoms with Crippen LogP contribution in [0.1, 0.15) is 43.1 Å². The Bertz CT molecular complexity index is 461. The van der Waals surface area contributed by atoms with Gasteiger partial charge in [-0.1, -0.05) is 6.42 Å². The maximum Gasteiger partial charge on any atom is 0.271 e. The Hall–Kier alpha value is -1.89. The van der Waals surface area contributed by atoms with Crippen molar-refractivity contribution in [3.63, 3.8) is 0 Å². The topological polar surface area (TPSA) is 54.9 Å². The fraction of sp³-hybridized carbons (Fsp3) is 0.500. The molecule has 2 unspecified atom stereocenters. The van der Waals surface area contributed by atoms with Gasteiger partial charge < -0.3 is 5.32 Å². The first kappa shape index (κ1) is 12.6. The zero-order valence-corrected chi connectivity index (χ0v) is 10.5. The minimum atomic E-state index is -0.141. The summed E-state index contributed by atoms with van der Waals surface area (Å²) >= 11 is 0. The van der Waals surface area contributed by atoms with E-state index in [1.165, 1.54) is 12.4 Å². The molecule has 94 valence electrons. The third-order valence-electron chi connectivity index (χ3n) is 3.15. The zero-order valence-electron chi connectivity index (χ0n) is 10.5. The van der Waals surface area contributed by atoms with E-state index >= 15 is 0 Å². The van der Waals surface area contributed by atoms with Crippen LogP contribution < -0.4 is 5.32 Å². The summed E-state index contributed by atoms with van der Waals surface area (Å²) in [6.45, 7) is 1.86. The Morgan fingerprint density at radius 1 is 1.44 bits per heavy atom. The summed E-state index contributed by atoms with van der Waals surface area (Å²) in [6.07, 6.45) is 8.79. The molecular weight excluding hydrogens is 226 g/mol. The lowest BCUT2D eigenvalue weighted by molar-refractivity contribution is 0.0918. The molecule has 2 rings (SSSR count). The maximum atomic E-state index is 11.9. The Labute approximate surface area is 107 Å². The Morgan fingerprint density at radius 2 is 2.33 bits per heavy atom. The molecule has 1 heterocycles. The summed E-state index contributed by atoms with van der Waals surface area (Å²) in [5.41, 5.74) is 0.376. The van der Waals surface area contributed by atoms with Crippen LogP contribution in [0.15, 0.2) is 18.6 Å². The highest BCUT2D eigenvalue weighted by Gasteiger charge is 2.22. The van der Waals surface area contributed by atoms with Gasteiger partial charge >= 0.3 is 0 Å². The van der Waals surface area contributed by atoms with Crippen molar-refractivity contribution in [3.8, 4) is 11.8 Å². The first-order valence-corrected chi connectivity index (χ1v) is 6.28. The van der Waals surface area contributed by atoms with Gasteiger partial charge in [-0.15, -0.1) is 11.8 Å². The Morgan fingerprint density at radius 3 is 3.06 bits per heavy atom. The lowest BCUT2D eigenvalue weighted by Gasteiger charge is -2.26. The second-order valence-electron chi connectivity index (χ2n) is 4.52. The molecule has 1 fully saturated rings. The van der Waals surface area contributed by atoms with E-state index < -0.39 is 0 Å². The number of carbonyl (C=O) groups excluding carboxylic acids is 1. The second-order valence-corrected chi connectivity index (χ2v) is 4.52. The summed E-state index contributed by atoms with van der Waals surface area (Å²) in [6, 6.07) is 0.208. The highest BCUT2D eigenvalue weighted by Crippen LogP contribution is 2.23. The maximum absolute atomic E-state index is 11.9. The van der Waals surface area contributed by atoms with E-state index in [1.54, 1.807) is 6.20 Å². The molecule has 1 amide bonds. The number of rotatable bonds is 2. The minimum absolute atomic E-state index is 0.141. The average molecular weight is 243 g/mol. The third-order valence-corrected chi connectivity index (χ3v) is 3.15. The Kier molecular flexibility index (Phi) is 4.30. The number of aromatic nitrogens is 2. The minimum Gasteiger partial charge on any atom is -0.348 e. The van der Waals surface area contributed by atoms with Crippen molar-refractivity contribution in [2.24, 2.45) is 5.92 Å². The predicted molar refractivity (Wildman–Crippen MR) is 68.7 cm³/mol. The molecule has 1 aliphatic rings. The number of carbonyl (C=O) groups is 1. The van der Waals surface area contributed by atoms with Crippen LogP contribution in [0.25, 0.3) is 0 Å². The molecule has 0 radical (unpaired) electrons. The SMILES string of the molecule is CC#CC1CCCC(NC(=O)c2cnccn2)C1. The molecule has 0 aromatic carbocycles. The van der Waals surface area contributed by atoms with Gasteiger partial charge in [-0.2, -0.15) is 0 Å². The van der Waals surface area contributed by atoms with Crippen LogP contribution in [0.2, 0.25) is 0 Å². The van der Waals surface area contributed by atoms with E-state index in [-0.39, 0.29) is 11.9 Å². The third kappa shape index (κ3) is 3.30. The van der Waals surface area contributed by atoms with Gasteiger partial charge in [-0.3, -0.25) is 9.78 Å². The standard InChI is InChI=1S/C14H17N3O/c1-2-4-11-5-3-6-12(9-11)17-14(18)13-10-15-7-8-16-13/h7-8,10-12H,3,5-6,9H2,1H3,(H,17,18). The van der Waals surface area contributed by atoms with Crippen LogP contribution in [0.3, 0.4) is 0 Å². The molecule has 1 aromatic rings. The molecule has 18 heavy (non-hydrogen) atoms. The van der Waals surface area contributed by atoms with Crippen molar-refractivity contribution in [3.05, 3.63) is 24.3 Å². The zero-order chi connectivity index (χ0) is 12.8. The Balaban J connectivity index is 1.93. The van der Waals surface area contributed by atoms with Crippen molar-refractivity contribution in [1.29, 1.82) is 0 Å². The summed E-state index contributed by atoms with van der Waals surface area (Å²) < 4.78 is 0.